The summed E-state index contributed by atoms with van der Waals surface area (Å²) >= 11 is 0. The van der Waals surface area contributed by atoms with Crippen LogP contribution < -0.4 is 14.4 Å². The Labute approximate surface area is 195 Å². The molecule has 0 fully saturated rings. The van der Waals surface area contributed by atoms with Gasteiger partial charge in [-0.2, -0.15) is 0 Å². The number of rotatable bonds is 8. The SMILES string of the molecule is CCOc1ccc(N(C)S(=O)(=O)c2ccc(C)c(C(=O)OC(C)C(=O)NC(C)(C)C)c2)cc1. The fourth-order valence-corrected chi connectivity index (χ4v) is 4.17. The minimum Gasteiger partial charge on any atom is -0.494 e. The largest absolute Gasteiger partial charge is 0.494 e. The molecular formula is C24H32N2O6S. The minimum absolute atomic E-state index is 0.0665. The van der Waals surface area contributed by atoms with Gasteiger partial charge in [-0.05, 0) is 83.5 Å². The lowest BCUT2D eigenvalue weighted by molar-refractivity contribution is -0.130. The third kappa shape index (κ3) is 6.71. The van der Waals surface area contributed by atoms with Crippen LogP contribution in [-0.4, -0.2) is 45.6 Å². The summed E-state index contributed by atoms with van der Waals surface area (Å²) in [6, 6.07) is 10.9. The van der Waals surface area contributed by atoms with Gasteiger partial charge in [-0.3, -0.25) is 9.10 Å². The van der Waals surface area contributed by atoms with E-state index in [2.05, 4.69) is 5.32 Å². The summed E-state index contributed by atoms with van der Waals surface area (Å²) < 4.78 is 38.2. The molecule has 180 valence electrons. The van der Waals surface area contributed by atoms with Crippen LogP contribution in [0.15, 0.2) is 47.4 Å². The van der Waals surface area contributed by atoms with Gasteiger partial charge in [-0.25, -0.2) is 13.2 Å². The summed E-state index contributed by atoms with van der Waals surface area (Å²) in [6.45, 7) is 11.0. The summed E-state index contributed by atoms with van der Waals surface area (Å²) in [6.07, 6.45) is -1.04. The third-order valence-corrected chi connectivity index (χ3v) is 6.53. The molecule has 0 spiro atoms. The molecule has 1 unspecified atom stereocenters. The highest BCUT2D eigenvalue weighted by Crippen LogP contribution is 2.26. The van der Waals surface area contributed by atoms with Gasteiger partial charge in [-0.1, -0.05) is 6.07 Å². The number of ether oxygens (including phenoxy) is 2. The Kier molecular flexibility index (Phi) is 8.13. The van der Waals surface area contributed by atoms with E-state index in [0.717, 1.165) is 4.31 Å². The number of benzene rings is 2. The third-order valence-electron chi connectivity index (χ3n) is 4.75. The van der Waals surface area contributed by atoms with Crippen molar-refractivity contribution in [3.8, 4) is 5.75 Å². The van der Waals surface area contributed by atoms with E-state index in [1.807, 2.05) is 27.7 Å². The van der Waals surface area contributed by atoms with Gasteiger partial charge in [0, 0.05) is 12.6 Å². The predicted molar refractivity (Wildman–Crippen MR) is 127 cm³/mol. The number of carbonyl (C=O) groups excluding carboxylic acids is 2. The first-order valence-electron chi connectivity index (χ1n) is 10.6. The fourth-order valence-electron chi connectivity index (χ4n) is 2.95. The maximum atomic E-state index is 13.2. The number of aryl methyl sites for hydroxylation is 1. The lowest BCUT2D eigenvalue weighted by Gasteiger charge is -2.23. The minimum atomic E-state index is -3.95. The van der Waals surface area contributed by atoms with Gasteiger partial charge in [0.05, 0.1) is 22.8 Å². The van der Waals surface area contributed by atoms with E-state index in [-0.39, 0.29) is 10.5 Å². The number of nitrogens with zero attached hydrogens (tertiary/aromatic N) is 1. The number of carbonyl (C=O) groups is 2. The molecule has 1 atom stereocenters. The van der Waals surface area contributed by atoms with Crippen molar-refractivity contribution in [1.82, 2.24) is 5.32 Å². The van der Waals surface area contributed by atoms with Crippen LogP contribution >= 0.6 is 0 Å². The van der Waals surface area contributed by atoms with Gasteiger partial charge in [0.2, 0.25) is 0 Å². The molecule has 1 N–H and O–H groups in total. The molecule has 0 saturated heterocycles. The standard InChI is InChI=1S/C24H32N2O6S/c1-8-31-19-12-10-18(11-13-19)26(7)33(29,30)20-14-9-16(2)21(15-20)23(28)32-17(3)22(27)25-24(4,5)6/h9-15,17H,8H2,1-7H3,(H,25,27). The van der Waals surface area contributed by atoms with Crippen LogP contribution in [0.3, 0.4) is 0 Å². The number of hydrogen-bond donors (Lipinski definition) is 1. The van der Waals surface area contributed by atoms with Gasteiger partial charge in [0.15, 0.2) is 6.10 Å². The van der Waals surface area contributed by atoms with E-state index in [0.29, 0.717) is 23.6 Å². The van der Waals surface area contributed by atoms with Crippen LogP contribution in [0.5, 0.6) is 5.75 Å². The maximum Gasteiger partial charge on any atom is 0.339 e. The zero-order valence-corrected chi connectivity index (χ0v) is 20.9. The van der Waals surface area contributed by atoms with Crippen molar-refractivity contribution in [1.29, 1.82) is 0 Å². The van der Waals surface area contributed by atoms with E-state index >= 15 is 0 Å². The number of esters is 1. The summed E-state index contributed by atoms with van der Waals surface area (Å²) in [5, 5.41) is 2.74. The average Bonchev–Trinajstić information content (AvgIpc) is 2.72. The summed E-state index contributed by atoms with van der Waals surface area (Å²) in [5.41, 5.74) is 0.570. The first-order chi connectivity index (χ1) is 15.3. The molecular weight excluding hydrogens is 444 g/mol. The summed E-state index contributed by atoms with van der Waals surface area (Å²) in [5.74, 6) is -0.575. The first kappa shape index (κ1) is 26.2. The Morgan fingerprint density at radius 1 is 1.09 bits per heavy atom. The van der Waals surface area contributed by atoms with Crippen LogP contribution in [0.25, 0.3) is 0 Å². The topological polar surface area (TPSA) is 102 Å². The lowest BCUT2D eigenvalue weighted by atomic mass is 10.1. The Hall–Kier alpha value is -3.07. The molecule has 0 aliphatic carbocycles. The maximum absolute atomic E-state index is 13.2. The van der Waals surface area contributed by atoms with Gasteiger partial charge in [0.1, 0.15) is 5.75 Å². The number of anilines is 1. The van der Waals surface area contributed by atoms with Crippen LogP contribution in [0.2, 0.25) is 0 Å². The van der Waals surface area contributed by atoms with E-state index in [9.17, 15) is 18.0 Å². The molecule has 8 nitrogen and oxygen atoms in total. The molecule has 2 aromatic rings. The highest BCUT2D eigenvalue weighted by atomic mass is 32.2. The molecule has 0 saturated carbocycles. The van der Waals surface area contributed by atoms with E-state index in [1.165, 1.54) is 32.2 Å². The molecule has 0 heterocycles. The average molecular weight is 477 g/mol. The monoisotopic (exact) mass is 476 g/mol. The second kappa shape index (κ2) is 10.2. The van der Waals surface area contributed by atoms with Crippen molar-refractivity contribution in [2.75, 3.05) is 18.0 Å². The van der Waals surface area contributed by atoms with Crippen molar-refractivity contribution in [3.63, 3.8) is 0 Å². The molecule has 0 aliphatic heterocycles. The number of amides is 1. The number of hydrogen-bond acceptors (Lipinski definition) is 6. The molecule has 2 aromatic carbocycles. The quantitative estimate of drug-likeness (QED) is 0.583. The van der Waals surface area contributed by atoms with Crippen LogP contribution in [0.4, 0.5) is 5.69 Å². The van der Waals surface area contributed by atoms with E-state index in [1.54, 1.807) is 31.2 Å². The Morgan fingerprint density at radius 2 is 1.70 bits per heavy atom. The van der Waals surface area contributed by atoms with E-state index < -0.39 is 33.5 Å². The smallest absolute Gasteiger partial charge is 0.339 e. The highest BCUT2D eigenvalue weighted by molar-refractivity contribution is 7.92. The van der Waals surface area contributed by atoms with E-state index in [4.69, 9.17) is 9.47 Å². The Morgan fingerprint density at radius 3 is 2.24 bits per heavy atom. The van der Waals surface area contributed by atoms with Gasteiger partial charge >= 0.3 is 5.97 Å². The van der Waals surface area contributed by atoms with Crippen molar-refractivity contribution < 1.29 is 27.5 Å². The summed E-state index contributed by atoms with van der Waals surface area (Å²) in [4.78, 5) is 24.9. The first-order valence-corrected chi connectivity index (χ1v) is 12.1. The molecule has 33 heavy (non-hydrogen) atoms. The molecule has 0 bridgehead atoms. The zero-order chi connectivity index (χ0) is 25.0. The molecule has 1 amide bonds. The molecule has 9 heteroatoms. The highest BCUT2D eigenvalue weighted by Gasteiger charge is 2.26. The Balaban J connectivity index is 2.27. The van der Waals surface area contributed by atoms with Crippen molar-refractivity contribution in [2.45, 2.75) is 58.1 Å². The summed E-state index contributed by atoms with van der Waals surface area (Å²) in [7, 11) is -2.52. The fraction of sp³-hybridized carbons (Fsp3) is 0.417. The van der Waals surface area contributed by atoms with Crippen molar-refractivity contribution in [2.24, 2.45) is 0 Å². The second-order valence-electron chi connectivity index (χ2n) is 8.66. The van der Waals surface area contributed by atoms with Crippen molar-refractivity contribution in [3.05, 3.63) is 53.6 Å². The normalized spacial score (nSPS) is 12.6. The number of sulfonamides is 1. The molecule has 0 aromatic heterocycles. The molecule has 2 rings (SSSR count). The van der Waals surface area contributed by atoms with Crippen LogP contribution in [0.1, 0.15) is 50.5 Å². The van der Waals surface area contributed by atoms with Crippen LogP contribution in [-0.2, 0) is 19.6 Å². The van der Waals surface area contributed by atoms with Crippen LogP contribution in [0, 0.1) is 6.92 Å². The predicted octanol–water partition coefficient (Wildman–Crippen LogP) is 3.68. The lowest BCUT2D eigenvalue weighted by Crippen LogP contribution is -2.46. The Bertz CT molecular complexity index is 1100. The second-order valence-corrected chi connectivity index (χ2v) is 10.6. The zero-order valence-electron chi connectivity index (χ0n) is 20.1. The molecule has 0 aliphatic rings. The van der Waals surface area contributed by atoms with Gasteiger partial charge < -0.3 is 14.8 Å². The molecule has 0 radical (unpaired) electrons. The van der Waals surface area contributed by atoms with Gasteiger partial charge in [0.25, 0.3) is 15.9 Å². The number of nitrogens with one attached hydrogen (secondary N) is 1. The van der Waals surface area contributed by atoms with Gasteiger partial charge in [-0.15, -0.1) is 0 Å². The van der Waals surface area contributed by atoms with Crippen molar-refractivity contribution >= 4 is 27.6 Å².